The maximum atomic E-state index is 13.0. The molecule has 33 heavy (non-hydrogen) atoms. The summed E-state index contributed by atoms with van der Waals surface area (Å²) in [5.41, 5.74) is 1.08. The van der Waals surface area contributed by atoms with E-state index < -0.39 is 17.7 Å². The Balaban J connectivity index is 2.01. The predicted octanol–water partition coefficient (Wildman–Crippen LogP) is 2.91. The van der Waals surface area contributed by atoms with E-state index in [9.17, 15) is 14.7 Å². The number of hydrogen-bond acceptors (Lipinski definition) is 7. The van der Waals surface area contributed by atoms with Crippen molar-refractivity contribution in [3.63, 3.8) is 0 Å². The van der Waals surface area contributed by atoms with Gasteiger partial charge in [-0.2, -0.15) is 0 Å². The third-order valence-electron chi connectivity index (χ3n) is 5.20. The molecular formula is C25H29NO7. The van der Waals surface area contributed by atoms with Crippen molar-refractivity contribution in [1.82, 2.24) is 4.90 Å². The van der Waals surface area contributed by atoms with E-state index in [1.165, 1.54) is 4.90 Å². The summed E-state index contributed by atoms with van der Waals surface area (Å²) in [4.78, 5) is 27.3. The summed E-state index contributed by atoms with van der Waals surface area (Å²) in [5, 5.41) is 20.0. The summed E-state index contributed by atoms with van der Waals surface area (Å²) in [6.45, 7) is 5.03. The van der Waals surface area contributed by atoms with Gasteiger partial charge in [-0.25, -0.2) is 0 Å². The minimum Gasteiger partial charge on any atom is -0.507 e. The molecule has 0 spiro atoms. The lowest BCUT2D eigenvalue weighted by Gasteiger charge is -2.25. The van der Waals surface area contributed by atoms with Crippen LogP contribution in [0.4, 0.5) is 0 Å². The number of benzene rings is 2. The predicted molar refractivity (Wildman–Crippen MR) is 122 cm³/mol. The first-order chi connectivity index (χ1) is 16.0. The van der Waals surface area contributed by atoms with Gasteiger partial charge in [0.05, 0.1) is 44.6 Å². The van der Waals surface area contributed by atoms with Crippen molar-refractivity contribution in [3.05, 3.63) is 65.2 Å². The molecule has 2 N–H and O–H groups in total. The van der Waals surface area contributed by atoms with Gasteiger partial charge < -0.3 is 29.3 Å². The molecule has 1 heterocycles. The molecule has 0 aliphatic carbocycles. The minimum atomic E-state index is -0.787. The number of carbonyl (C=O) groups excluding carboxylic acids is 2. The maximum absolute atomic E-state index is 13.0. The zero-order chi connectivity index (χ0) is 23.8. The molecule has 1 atom stereocenters. The molecule has 0 aromatic heterocycles. The van der Waals surface area contributed by atoms with Gasteiger partial charge >= 0.3 is 0 Å². The number of aliphatic hydroxyl groups excluding tert-OH is 2. The van der Waals surface area contributed by atoms with Crippen molar-refractivity contribution in [2.75, 3.05) is 39.6 Å². The monoisotopic (exact) mass is 455 g/mol. The van der Waals surface area contributed by atoms with Crippen molar-refractivity contribution in [2.24, 2.45) is 0 Å². The second-order valence-electron chi connectivity index (χ2n) is 7.29. The van der Waals surface area contributed by atoms with Crippen LogP contribution in [0.25, 0.3) is 5.76 Å². The normalized spacial score (nSPS) is 17.4. The van der Waals surface area contributed by atoms with Gasteiger partial charge in [0.15, 0.2) is 0 Å². The first-order valence-electron chi connectivity index (χ1n) is 10.9. The SMILES string of the molecule is CCOc1ccc(C(O)=C2C(=O)C(=O)N(CCOCCO)[C@H]2c2ccc(OCC)cc2)cc1. The van der Waals surface area contributed by atoms with Crippen LogP contribution in [0, 0.1) is 0 Å². The van der Waals surface area contributed by atoms with Gasteiger partial charge in [0.25, 0.3) is 11.7 Å². The summed E-state index contributed by atoms with van der Waals surface area (Å²) < 4.78 is 16.2. The zero-order valence-electron chi connectivity index (χ0n) is 18.8. The molecule has 0 bridgehead atoms. The average Bonchev–Trinajstić information content (AvgIpc) is 3.08. The Morgan fingerprint density at radius 1 is 0.909 bits per heavy atom. The highest BCUT2D eigenvalue weighted by Crippen LogP contribution is 2.39. The van der Waals surface area contributed by atoms with Crippen molar-refractivity contribution in [1.29, 1.82) is 0 Å². The average molecular weight is 456 g/mol. The number of ether oxygens (including phenoxy) is 3. The van der Waals surface area contributed by atoms with Crippen LogP contribution in [-0.2, 0) is 14.3 Å². The van der Waals surface area contributed by atoms with Gasteiger partial charge in [-0.1, -0.05) is 12.1 Å². The number of rotatable bonds is 11. The van der Waals surface area contributed by atoms with E-state index in [4.69, 9.17) is 19.3 Å². The summed E-state index contributed by atoms with van der Waals surface area (Å²) in [6.07, 6.45) is 0. The third-order valence-corrected chi connectivity index (χ3v) is 5.20. The second kappa shape index (κ2) is 11.5. The maximum Gasteiger partial charge on any atom is 0.295 e. The first-order valence-corrected chi connectivity index (χ1v) is 10.9. The van der Waals surface area contributed by atoms with Gasteiger partial charge in [0, 0.05) is 12.1 Å². The van der Waals surface area contributed by atoms with E-state index >= 15 is 0 Å². The van der Waals surface area contributed by atoms with E-state index in [1.807, 2.05) is 13.8 Å². The van der Waals surface area contributed by atoms with Crippen LogP contribution in [0.5, 0.6) is 11.5 Å². The van der Waals surface area contributed by atoms with Gasteiger partial charge in [-0.15, -0.1) is 0 Å². The number of carbonyl (C=O) groups is 2. The van der Waals surface area contributed by atoms with E-state index in [0.29, 0.717) is 35.8 Å². The van der Waals surface area contributed by atoms with E-state index in [2.05, 4.69) is 0 Å². The number of ketones is 1. The third kappa shape index (κ3) is 5.53. The largest absolute Gasteiger partial charge is 0.507 e. The number of likely N-dealkylation sites (tertiary alicyclic amines) is 1. The van der Waals surface area contributed by atoms with Gasteiger partial charge in [-0.3, -0.25) is 9.59 Å². The Labute approximate surface area is 193 Å². The number of nitrogens with zero attached hydrogens (tertiary/aromatic N) is 1. The summed E-state index contributed by atoms with van der Waals surface area (Å²) >= 11 is 0. The van der Waals surface area contributed by atoms with Gasteiger partial charge in [0.2, 0.25) is 0 Å². The molecule has 0 saturated carbocycles. The molecule has 2 aromatic carbocycles. The highest BCUT2D eigenvalue weighted by Gasteiger charge is 2.45. The molecule has 8 heteroatoms. The highest BCUT2D eigenvalue weighted by molar-refractivity contribution is 6.46. The fourth-order valence-corrected chi connectivity index (χ4v) is 3.73. The fraction of sp³-hybridized carbons (Fsp3) is 0.360. The quantitative estimate of drug-likeness (QED) is 0.232. The molecule has 1 saturated heterocycles. The highest BCUT2D eigenvalue weighted by atomic mass is 16.5. The lowest BCUT2D eigenvalue weighted by atomic mass is 9.95. The molecule has 1 aliphatic heterocycles. The van der Waals surface area contributed by atoms with Crippen LogP contribution in [0.3, 0.4) is 0 Å². The Hall–Kier alpha value is -3.36. The van der Waals surface area contributed by atoms with E-state index in [0.717, 1.165) is 0 Å². The first kappa shape index (κ1) is 24.3. The molecule has 1 fully saturated rings. The molecule has 1 aliphatic rings. The minimum absolute atomic E-state index is 0.00970. The summed E-state index contributed by atoms with van der Waals surface area (Å²) in [7, 11) is 0. The molecule has 2 aromatic rings. The van der Waals surface area contributed by atoms with Gasteiger partial charge in [0.1, 0.15) is 17.3 Å². The molecule has 3 rings (SSSR count). The number of amides is 1. The molecule has 176 valence electrons. The van der Waals surface area contributed by atoms with E-state index in [1.54, 1.807) is 48.5 Å². The van der Waals surface area contributed by atoms with E-state index in [-0.39, 0.29) is 37.7 Å². The molecule has 0 unspecified atom stereocenters. The van der Waals surface area contributed by atoms with Crippen molar-refractivity contribution in [3.8, 4) is 11.5 Å². The van der Waals surface area contributed by atoms with Crippen LogP contribution in [0.1, 0.15) is 31.0 Å². The molecule has 0 radical (unpaired) electrons. The Bertz CT molecular complexity index is 983. The Kier molecular flexibility index (Phi) is 8.46. The number of hydrogen-bond donors (Lipinski definition) is 2. The lowest BCUT2D eigenvalue weighted by molar-refractivity contribution is -0.140. The molecule has 1 amide bonds. The van der Waals surface area contributed by atoms with Crippen molar-refractivity contribution >= 4 is 17.4 Å². The van der Waals surface area contributed by atoms with Crippen LogP contribution in [0.15, 0.2) is 54.1 Å². The summed E-state index contributed by atoms with van der Waals surface area (Å²) in [6, 6.07) is 13.0. The second-order valence-corrected chi connectivity index (χ2v) is 7.29. The number of Topliss-reactive ketones (excluding diaryl/α,β-unsaturated/α-hetero) is 1. The van der Waals surface area contributed by atoms with Crippen molar-refractivity contribution < 1.29 is 34.0 Å². The van der Waals surface area contributed by atoms with Crippen LogP contribution in [-0.4, -0.2) is 66.4 Å². The fourth-order valence-electron chi connectivity index (χ4n) is 3.73. The smallest absolute Gasteiger partial charge is 0.295 e. The van der Waals surface area contributed by atoms with Crippen LogP contribution in [0.2, 0.25) is 0 Å². The summed E-state index contributed by atoms with van der Waals surface area (Å²) in [5.74, 6) is -0.431. The molecule has 8 nitrogen and oxygen atoms in total. The Morgan fingerprint density at radius 3 is 2.03 bits per heavy atom. The number of aliphatic hydroxyl groups is 2. The Morgan fingerprint density at radius 2 is 1.48 bits per heavy atom. The van der Waals surface area contributed by atoms with Gasteiger partial charge in [-0.05, 0) is 55.8 Å². The van der Waals surface area contributed by atoms with Crippen LogP contribution < -0.4 is 9.47 Å². The standard InChI is InChI=1S/C25H29NO7/c1-3-32-19-9-5-17(6-10-19)22-21(23(28)18-7-11-20(12-8-18)33-4-2)24(29)25(30)26(22)13-15-31-16-14-27/h5-12,22,27-28H,3-4,13-16H2,1-2H3/t22-/m0/s1. The topological polar surface area (TPSA) is 106 Å². The lowest BCUT2D eigenvalue weighted by Crippen LogP contribution is -2.33. The van der Waals surface area contributed by atoms with Crippen molar-refractivity contribution in [2.45, 2.75) is 19.9 Å². The molecular weight excluding hydrogens is 426 g/mol. The van der Waals surface area contributed by atoms with Crippen LogP contribution >= 0.6 is 0 Å². The zero-order valence-corrected chi connectivity index (χ0v) is 18.8.